The van der Waals surface area contributed by atoms with Crippen molar-refractivity contribution in [2.75, 3.05) is 0 Å². The van der Waals surface area contributed by atoms with Gasteiger partial charge in [0.15, 0.2) is 0 Å². The molecular formula is C36H31IrN3OS-2. The molecule has 6 heteroatoms. The van der Waals surface area contributed by atoms with E-state index < -0.39 is 11.8 Å². The summed E-state index contributed by atoms with van der Waals surface area (Å²) in [4.78, 5) is 14.2. The van der Waals surface area contributed by atoms with Gasteiger partial charge in [-0.15, -0.1) is 65.4 Å². The number of nitrogens with zero attached hydrogens (tertiary/aromatic N) is 3. The standard InChI is InChI=1S/C25H23N2OS.C11H8N.Ir/c1-14-9-10-18-17-7-6-8-19(22(17)28-24(18)27-14)21-23-16(11-12-26-21)15(2)20(29-23)13-25(3,4)5;1-2-6-10(7-3-1)11-8-4-5-9-12-11;/h6-7,9-12H,13H2,1-5H3;1-6,8-9H;/q2*-1;/i13D2;;. The molecule has 0 spiro atoms. The molecule has 0 saturated heterocycles. The third-order valence-electron chi connectivity index (χ3n) is 6.67. The van der Waals surface area contributed by atoms with E-state index in [9.17, 15) is 0 Å². The summed E-state index contributed by atoms with van der Waals surface area (Å²) in [7, 11) is 0. The Morgan fingerprint density at radius 3 is 2.43 bits per heavy atom. The van der Waals surface area contributed by atoms with Crippen molar-refractivity contribution in [3.8, 4) is 22.5 Å². The van der Waals surface area contributed by atoms with Gasteiger partial charge in [0.1, 0.15) is 0 Å². The summed E-state index contributed by atoms with van der Waals surface area (Å²) in [5.41, 5.74) is 6.22. The van der Waals surface area contributed by atoms with Crippen molar-refractivity contribution < 1.29 is 27.3 Å². The molecule has 0 atom stereocenters. The second kappa shape index (κ2) is 12.3. The summed E-state index contributed by atoms with van der Waals surface area (Å²) in [5.74, 6) is 0. The summed E-state index contributed by atoms with van der Waals surface area (Å²) < 4.78 is 24.8. The van der Waals surface area contributed by atoms with Crippen molar-refractivity contribution in [3.63, 3.8) is 0 Å². The average Bonchev–Trinajstić information content (AvgIpc) is 3.55. The number of aromatic nitrogens is 3. The molecule has 4 nitrogen and oxygen atoms in total. The van der Waals surface area contributed by atoms with Crippen LogP contribution in [-0.4, -0.2) is 15.0 Å². The van der Waals surface area contributed by atoms with Crippen LogP contribution in [-0.2, 0) is 26.5 Å². The zero-order chi connectivity index (χ0) is 30.4. The monoisotopic (exact) mass is 748 g/mol. The van der Waals surface area contributed by atoms with E-state index >= 15 is 0 Å². The molecule has 0 amide bonds. The summed E-state index contributed by atoms with van der Waals surface area (Å²) in [6, 6.07) is 30.0. The molecule has 213 valence electrons. The number of pyridine rings is 3. The molecule has 1 radical (unpaired) electrons. The Bertz CT molecular complexity index is 2030. The maximum atomic E-state index is 8.81. The van der Waals surface area contributed by atoms with E-state index in [0.717, 1.165) is 59.5 Å². The van der Waals surface area contributed by atoms with Crippen molar-refractivity contribution in [1.29, 1.82) is 0 Å². The van der Waals surface area contributed by atoms with E-state index in [1.165, 1.54) is 11.3 Å². The minimum Gasteiger partial charge on any atom is -0.486 e. The molecule has 0 bridgehead atoms. The van der Waals surface area contributed by atoms with Gasteiger partial charge in [-0.3, -0.25) is 0 Å². The Hall–Kier alpha value is -3.70. The van der Waals surface area contributed by atoms with Crippen LogP contribution in [0, 0.1) is 31.4 Å². The van der Waals surface area contributed by atoms with Gasteiger partial charge in [0.2, 0.25) is 5.71 Å². The Morgan fingerprint density at radius 1 is 0.857 bits per heavy atom. The van der Waals surface area contributed by atoms with Gasteiger partial charge in [0.05, 0.1) is 5.58 Å². The number of fused-ring (bicyclic) bond motifs is 4. The van der Waals surface area contributed by atoms with E-state index in [1.54, 1.807) is 12.4 Å². The summed E-state index contributed by atoms with van der Waals surface area (Å²) in [6.07, 6.45) is 2.11. The first-order valence-electron chi connectivity index (χ1n) is 14.5. The Morgan fingerprint density at radius 2 is 1.69 bits per heavy atom. The van der Waals surface area contributed by atoms with Crippen molar-refractivity contribution in [1.82, 2.24) is 15.0 Å². The largest absolute Gasteiger partial charge is 0.486 e. The molecule has 0 aliphatic heterocycles. The van der Waals surface area contributed by atoms with Crippen LogP contribution < -0.4 is 0 Å². The average molecular weight is 748 g/mol. The van der Waals surface area contributed by atoms with Crippen LogP contribution in [0.15, 0.2) is 89.6 Å². The SMILES string of the molecule is [2H]C([2H])(c1sc2c(-c3[c-]ccc4c3oc3nc(C)ccc34)nccc2c1C)C(C)(C)C.[Ir].[c-]1ccccc1-c1ccccn1. The Balaban J connectivity index is 0.000000248. The van der Waals surface area contributed by atoms with Gasteiger partial charge < -0.3 is 14.4 Å². The van der Waals surface area contributed by atoms with Crippen molar-refractivity contribution in [2.45, 2.75) is 41.0 Å². The third kappa shape index (κ3) is 6.07. The topological polar surface area (TPSA) is 51.8 Å². The van der Waals surface area contributed by atoms with Gasteiger partial charge in [0.25, 0.3) is 0 Å². The minimum absolute atomic E-state index is 0. The van der Waals surface area contributed by atoms with E-state index in [2.05, 4.69) is 27.1 Å². The summed E-state index contributed by atoms with van der Waals surface area (Å²) in [6.45, 7) is 9.76. The van der Waals surface area contributed by atoms with Gasteiger partial charge in [-0.25, -0.2) is 4.98 Å². The van der Waals surface area contributed by atoms with E-state index in [4.69, 9.17) is 7.16 Å². The molecule has 0 unspecified atom stereocenters. The number of aryl methyl sites for hydroxylation is 2. The first-order valence-corrected chi connectivity index (χ1v) is 14.4. The molecule has 0 aliphatic carbocycles. The predicted octanol–water partition coefficient (Wildman–Crippen LogP) is 9.81. The molecule has 2 aromatic carbocycles. The number of rotatable bonds is 3. The van der Waals surface area contributed by atoms with Gasteiger partial charge in [-0.2, -0.15) is 0 Å². The number of furan rings is 1. The molecule has 0 aliphatic rings. The van der Waals surface area contributed by atoms with Crippen LogP contribution in [0.2, 0.25) is 0 Å². The first kappa shape index (κ1) is 27.2. The summed E-state index contributed by atoms with van der Waals surface area (Å²) >= 11 is 1.48. The van der Waals surface area contributed by atoms with Crippen molar-refractivity contribution in [3.05, 3.63) is 113 Å². The molecule has 5 heterocycles. The third-order valence-corrected chi connectivity index (χ3v) is 7.90. The molecule has 7 rings (SSSR count). The second-order valence-electron chi connectivity index (χ2n) is 11.0. The molecule has 42 heavy (non-hydrogen) atoms. The van der Waals surface area contributed by atoms with Gasteiger partial charge in [-0.1, -0.05) is 43.9 Å². The Labute approximate surface area is 267 Å². The van der Waals surface area contributed by atoms with Gasteiger partial charge in [-0.05, 0) is 66.5 Å². The molecule has 0 N–H and O–H groups in total. The zero-order valence-corrected chi connectivity index (χ0v) is 27.3. The molecular weight excluding hydrogens is 715 g/mol. The van der Waals surface area contributed by atoms with Crippen LogP contribution in [0.4, 0.5) is 0 Å². The maximum absolute atomic E-state index is 8.81. The van der Waals surface area contributed by atoms with E-state index in [0.29, 0.717) is 11.3 Å². The van der Waals surface area contributed by atoms with Crippen molar-refractivity contribution in [2.24, 2.45) is 5.41 Å². The minimum atomic E-state index is -1.46. The number of hydrogen-bond donors (Lipinski definition) is 0. The smallest absolute Gasteiger partial charge is 0.216 e. The predicted molar refractivity (Wildman–Crippen MR) is 170 cm³/mol. The molecule has 7 aromatic rings. The maximum Gasteiger partial charge on any atom is 0.216 e. The number of hydrogen-bond acceptors (Lipinski definition) is 5. The van der Waals surface area contributed by atoms with Gasteiger partial charge >= 0.3 is 0 Å². The van der Waals surface area contributed by atoms with Gasteiger partial charge in [0, 0.05) is 61.6 Å². The summed E-state index contributed by atoms with van der Waals surface area (Å²) in [5, 5.41) is 2.97. The molecule has 0 saturated carbocycles. The van der Waals surface area contributed by atoms with E-state index in [-0.39, 0.29) is 20.1 Å². The Kier molecular flexibility index (Phi) is 7.93. The fourth-order valence-corrected chi connectivity index (χ4v) is 6.16. The normalized spacial score (nSPS) is 12.4. The fourth-order valence-electron chi connectivity index (χ4n) is 4.75. The van der Waals surface area contributed by atoms with E-state index in [1.807, 2.05) is 107 Å². The number of thiophene rings is 1. The second-order valence-corrected chi connectivity index (χ2v) is 12.0. The van der Waals surface area contributed by atoms with Crippen molar-refractivity contribution >= 4 is 43.5 Å². The van der Waals surface area contributed by atoms with Crippen LogP contribution in [0.5, 0.6) is 0 Å². The molecule has 5 aromatic heterocycles. The fraction of sp³-hybridized carbons (Fsp3) is 0.194. The number of benzene rings is 2. The van der Waals surface area contributed by atoms with Crippen LogP contribution in [0.25, 0.3) is 54.7 Å². The van der Waals surface area contributed by atoms with Crippen LogP contribution in [0.3, 0.4) is 0 Å². The van der Waals surface area contributed by atoms with Crippen LogP contribution >= 0.6 is 11.3 Å². The van der Waals surface area contributed by atoms with Crippen LogP contribution in [0.1, 0.15) is 39.6 Å². The first-order chi connectivity index (χ1) is 20.6. The zero-order valence-electron chi connectivity index (χ0n) is 26.1. The molecule has 0 fully saturated rings. The quantitative estimate of drug-likeness (QED) is 0.169.